The number of nitrogens with one attached hydrogen (secondary N) is 1. The average molecular weight is 328 g/mol. The Balaban J connectivity index is 2.78. The van der Waals surface area contributed by atoms with E-state index in [1.54, 1.807) is 12.1 Å². The number of aromatic carboxylic acids is 1. The number of hydrogen-bond acceptors (Lipinski definition) is 2. The fourth-order valence-electron chi connectivity index (χ4n) is 1.51. The summed E-state index contributed by atoms with van der Waals surface area (Å²) in [7, 11) is 0. The summed E-state index contributed by atoms with van der Waals surface area (Å²) in [5, 5.41) is 11.7. The lowest BCUT2D eigenvalue weighted by Gasteiger charge is -2.17. The molecule has 19 heavy (non-hydrogen) atoms. The van der Waals surface area contributed by atoms with Crippen molar-refractivity contribution in [2.75, 3.05) is 5.32 Å². The van der Waals surface area contributed by atoms with Gasteiger partial charge in [-0.3, -0.25) is 4.79 Å². The van der Waals surface area contributed by atoms with E-state index in [-0.39, 0.29) is 16.9 Å². The molecular weight excluding hydrogens is 310 g/mol. The van der Waals surface area contributed by atoms with Crippen molar-refractivity contribution in [1.82, 2.24) is 0 Å². The maximum absolute atomic E-state index is 11.8. The number of amides is 1. The van der Waals surface area contributed by atoms with Crippen LogP contribution in [0.1, 0.15) is 44.0 Å². The molecule has 0 aliphatic carbocycles. The molecule has 0 spiro atoms. The topological polar surface area (TPSA) is 66.4 Å². The number of anilines is 1. The van der Waals surface area contributed by atoms with Crippen LogP contribution in [0.3, 0.4) is 0 Å². The SMILES string of the molecule is CC(C)(C)CCC(=O)Nc1cc(Br)ccc1C(=O)O. The Morgan fingerprint density at radius 1 is 1.32 bits per heavy atom. The van der Waals surface area contributed by atoms with Crippen LogP contribution in [0.2, 0.25) is 0 Å². The summed E-state index contributed by atoms with van der Waals surface area (Å²) in [6.45, 7) is 6.17. The fourth-order valence-corrected chi connectivity index (χ4v) is 1.87. The van der Waals surface area contributed by atoms with Crippen LogP contribution < -0.4 is 5.32 Å². The Morgan fingerprint density at radius 2 is 1.95 bits per heavy atom. The normalized spacial score (nSPS) is 11.2. The molecule has 0 heterocycles. The van der Waals surface area contributed by atoms with Crippen LogP contribution in [0.15, 0.2) is 22.7 Å². The van der Waals surface area contributed by atoms with Crippen molar-refractivity contribution >= 4 is 33.5 Å². The predicted octanol–water partition coefficient (Wildman–Crippen LogP) is 3.91. The largest absolute Gasteiger partial charge is 0.478 e. The number of carbonyl (C=O) groups is 2. The van der Waals surface area contributed by atoms with E-state index in [0.717, 1.165) is 10.9 Å². The molecule has 0 saturated carbocycles. The second-order valence-corrected chi connectivity index (χ2v) is 6.52. The molecule has 0 radical (unpaired) electrons. The molecule has 1 aromatic rings. The van der Waals surface area contributed by atoms with Crippen molar-refractivity contribution in [3.63, 3.8) is 0 Å². The van der Waals surface area contributed by atoms with Crippen LogP contribution in [0.5, 0.6) is 0 Å². The molecular formula is C14H18BrNO3. The minimum atomic E-state index is -1.06. The van der Waals surface area contributed by atoms with Gasteiger partial charge in [-0.25, -0.2) is 4.79 Å². The first-order chi connectivity index (χ1) is 8.69. The van der Waals surface area contributed by atoms with Gasteiger partial charge in [-0.1, -0.05) is 36.7 Å². The molecule has 4 nitrogen and oxygen atoms in total. The number of benzene rings is 1. The molecule has 0 aliphatic heterocycles. The molecule has 2 N–H and O–H groups in total. The van der Waals surface area contributed by atoms with Gasteiger partial charge in [-0.15, -0.1) is 0 Å². The minimum absolute atomic E-state index is 0.0736. The van der Waals surface area contributed by atoms with Gasteiger partial charge in [0.05, 0.1) is 11.3 Å². The van der Waals surface area contributed by atoms with Gasteiger partial charge < -0.3 is 10.4 Å². The van der Waals surface area contributed by atoms with Crippen molar-refractivity contribution in [2.45, 2.75) is 33.6 Å². The third kappa shape index (κ3) is 5.42. The second kappa shape index (κ2) is 6.19. The number of rotatable bonds is 4. The van der Waals surface area contributed by atoms with E-state index in [0.29, 0.717) is 12.1 Å². The van der Waals surface area contributed by atoms with Crippen molar-refractivity contribution in [3.05, 3.63) is 28.2 Å². The number of halogens is 1. The molecule has 0 bridgehead atoms. The number of carboxylic acids is 1. The zero-order valence-electron chi connectivity index (χ0n) is 11.3. The molecule has 1 amide bonds. The average Bonchev–Trinajstić information content (AvgIpc) is 2.25. The van der Waals surface area contributed by atoms with Crippen molar-refractivity contribution in [3.8, 4) is 0 Å². The first-order valence-corrected chi connectivity index (χ1v) is 6.81. The minimum Gasteiger partial charge on any atom is -0.478 e. The molecule has 0 atom stereocenters. The molecule has 104 valence electrons. The van der Waals surface area contributed by atoms with Crippen LogP contribution in [0.25, 0.3) is 0 Å². The van der Waals surface area contributed by atoms with E-state index in [4.69, 9.17) is 5.11 Å². The van der Waals surface area contributed by atoms with E-state index in [1.807, 2.05) is 0 Å². The van der Waals surface area contributed by atoms with E-state index in [2.05, 4.69) is 42.0 Å². The molecule has 0 aromatic heterocycles. The monoisotopic (exact) mass is 327 g/mol. The summed E-state index contributed by atoms with van der Waals surface area (Å²) in [4.78, 5) is 22.9. The van der Waals surface area contributed by atoms with Crippen molar-refractivity contribution in [2.24, 2.45) is 5.41 Å². The Morgan fingerprint density at radius 3 is 2.47 bits per heavy atom. The highest BCUT2D eigenvalue weighted by Gasteiger charge is 2.16. The zero-order valence-corrected chi connectivity index (χ0v) is 12.9. The van der Waals surface area contributed by atoms with Crippen LogP contribution in [0, 0.1) is 5.41 Å². The van der Waals surface area contributed by atoms with E-state index < -0.39 is 5.97 Å². The molecule has 0 fully saturated rings. The molecule has 5 heteroatoms. The Hall–Kier alpha value is -1.36. The van der Waals surface area contributed by atoms with Gasteiger partial charge in [0, 0.05) is 10.9 Å². The quantitative estimate of drug-likeness (QED) is 0.880. The third-order valence-corrected chi connectivity index (χ3v) is 3.08. The molecule has 1 rings (SSSR count). The Kier molecular flexibility index (Phi) is 5.11. The molecule has 0 saturated heterocycles. The molecule has 0 aliphatic rings. The van der Waals surface area contributed by atoms with Crippen molar-refractivity contribution < 1.29 is 14.7 Å². The van der Waals surface area contributed by atoms with Crippen LogP contribution in [-0.2, 0) is 4.79 Å². The maximum Gasteiger partial charge on any atom is 0.337 e. The molecule has 0 unspecified atom stereocenters. The summed E-state index contributed by atoms with van der Waals surface area (Å²) in [5.74, 6) is -1.23. The summed E-state index contributed by atoms with van der Waals surface area (Å²) >= 11 is 3.26. The first kappa shape index (κ1) is 15.7. The van der Waals surface area contributed by atoms with E-state index >= 15 is 0 Å². The van der Waals surface area contributed by atoms with Crippen LogP contribution in [-0.4, -0.2) is 17.0 Å². The van der Waals surface area contributed by atoms with Crippen LogP contribution in [0.4, 0.5) is 5.69 Å². The van der Waals surface area contributed by atoms with Gasteiger partial charge >= 0.3 is 5.97 Å². The summed E-state index contributed by atoms with van der Waals surface area (Å²) < 4.78 is 0.726. The zero-order chi connectivity index (χ0) is 14.6. The lowest BCUT2D eigenvalue weighted by molar-refractivity contribution is -0.116. The lowest BCUT2D eigenvalue weighted by atomic mass is 9.90. The van der Waals surface area contributed by atoms with Gasteiger partial charge in [-0.2, -0.15) is 0 Å². The van der Waals surface area contributed by atoms with Gasteiger partial charge in [0.15, 0.2) is 0 Å². The number of hydrogen-bond donors (Lipinski definition) is 2. The predicted molar refractivity (Wildman–Crippen MR) is 78.4 cm³/mol. The number of carboxylic acid groups (broad SMARTS) is 1. The lowest BCUT2D eigenvalue weighted by Crippen LogP contribution is -2.17. The first-order valence-electron chi connectivity index (χ1n) is 6.02. The smallest absolute Gasteiger partial charge is 0.337 e. The Bertz CT molecular complexity index is 492. The van der Waals surface area contributed by atoms with Gasteiger partial charge in [0.1, 0.15) is 0 Å². The summed E-state index contributed by atoms with van der Waals surface area (Å²) in [6, 6.07) is 4.69. The highest BCUT2D eigenvalue weighted by molar-refractivity contribution is 9.10. The molecule has 1 aromatic carbocycles. The maximum atomic E-state index is 11.8. The van der Waals surface area contributed by atoms with Gasteiger partial charge in [0.25, 0.3) is 0 Å². The fraction of sp³-hybridized carbons (Fsp3) is 0.429. The third-order valence-electron chi connectivity index (χ3n) is 2.59. The van der Waals surface area contributed by atoms with Gasteiger partial charge in [0.2, 0.25) is 5.91 Å². The van der Waals surface area contributed by atoms with Gasteiger partial charge in [-0.05, 0) is 30.0 Å². The highest BCUT2D eigenvalue weighted by Crippen LogP contribution is 2.24. The van der Waals surface area contributed by atoms with Crippen molar-refractivity contribution in [1.29, 1.82) is 0 Å². The summed E-state index contributed by atoms with van der Waals surface area (Å²) in [5.41, 5.74) is 0.484. The van der Waals surface area contributed by atoms with E-state index in [9.17, 15) is 9.59 Å². The van der Waals surface area contributed by atoms with E-state index in [1.165, 1.54) is 6.07 Å². The van der Waals surface area contributed by atoms with Crippen LogP contribution >= 0.6 is 15.9 Å². The highest BCUT2D eigenvalue weighted by atomic mass is 79.9. The number of carbonyl (C=O) groups excluding carboxylic acids is 1. The summed E-state index contributed by atoms with van der Waals surface area (Å²) in [6.07, 6.45) is 1.12. The standard InChI is InChI=1S/C14H18BrNO3/c1-14(2,3)7-6-12(17)16-11-8-9(15)4-5-10(11)13(18)19/h4-5,8H,6-7H2,1-3H3,(H,16,17)(H,18,19). The Labute approximate surface area is 121 Å². The second-order valence-electron chi connectivity index (χ2n) is 5.60.